The zero-order chi connectivity index (χ0) is 14.7. The van der Waals surface area contributed by atoms with Crippen molar-refractivity contribution in [3.05, 3.63) is 40.8 Å². The quantitative estimate of drug-likeness (QED) is 0.880. The van der Waals surface area contributed by atoms with E-state index >= 15 is 0 Å². The van der Waals surface area contributed by atoms with E-state index in [4.69, 9.17) is 22.1 Å². The second kappa shape index (κ2) is 5.96. The Morgan fingerprint density at radius 3 is 2.55 bits per heavy atom. The van der Waals surface area contributed by atoms with E-state index in [-0.39, 0.29) is 18.1 Å². The van der Waals surface area contributed by atoms with Gasteiger partial charge in [-0.25, -0.2) is 9.78 Å². The van der Waals surface area contributed by atoms with Crippen molar-refractivity contribution in [3.63, 3.8) is 0 Å². The van der Waals surface area contributed by atoms with E-state index in [1.807, 2.05) is 19.1 Å². The number of imidazole rings is 1. The summed E-state index contributed by atoms with van der Waals surface area (Å²) in [6.07, 6.45) is 0.645. The second-order valence-corrected chi connectivity index (χ2v) is 4.58. The van der Waals surface area contributed by atoms with Crippen molar-refractivity contribution in [2.45, 2.75) is 20.3 Å². The van der Waals surface area contributed by atoms with Crippen molar-refractivity contribution in [3.8, 4) is 5.69 Å². The molecule has 2 rings (SSSR count). The summed E-state index contributed by atoms with van der Waals surface area (Å²) in [5.74, 6) is 0.475. The van der Waals surface area contributed by atoms with Gasteiger partial charge in [0, 0.05) is 17.1 Å². The van der Waals surface area contributed by atoms with Gasteiger partial charge in [0.2, 0.25) is 0 Å². The number of anilines is 1. The number of aromatic nitrogens is 2. The molecule has 5 nitrogen and oxygen atoms in total. The summed E-state index contributed by atoms with van der Waals surface area (Å²) >= 11 is 5.88. The number of hydrogen-bond acceptors (Lipinski definition) is 4. The maximum absolute atomic E-state index is 11.8. The van der Waals surface area contributed by atoms with Crippen LogP contribution in [0, 0.1) is 0 Å². The standard InChI is InChI=1S/C14H16ClN3O2/c1-3-11-17-12(14(19)20-4-2)13(16)18(11)10-7-5-9(15)6-8-10/h5-8H,3-4,16H2,1-2H3. The number of esters is 1. The summed E-state index contributed by atoms with van der Waals surface area (Å²) < 4.78 is 6.70. The maximum Gasteiger partial charge on any atom is 0.360 e. The van der Waals surface area contributed by atoms with Crippen LogP contribution in [0.25, 0.3) is 5.69 Å². The molecule has 1 aromatic carbocycles. The van der Waals surface area contributed by atoms with E-state index in [2.05, 4.69) is 4.98 Å². The number of carbonyl (C=O) groups excluding carboxylic acids is 1. The topological polar surface area (TPSA) is 70.1 Å². The Labute approximate surface area is 122 Å². The number of halogens is 1. The molecule has 0 fully saturated rings. The Hall–Kier alpha value is -2.01. The Morgan fingerprint density at radius 1 is 1.35 bits per heavy atom. The maximum atomic E-state index is 11.8. The Kier molecular flexibility index (Phi) is 4.29. The van der Waals surface area contributed by atoms with E-state index < -0.39 is 5.97 Å². The number of ether oxygens (including phenoxy) is 1. The molecule has 0 radical (unpaired) electrons. The highest BCUT2D eigenvalue weighted by molar-refractivity contribution is 6.30. The number of hydrogen-bond donors (Lipinski definition) is 1. The molecule has 1 heterocycles. The highest BCUT2D eigenvalue weighted by Crippen LogP contribution is 2.23. The molecule has 6 heteroatoms. The third kappa shape index (κ3) is 2.63. The predicted molar refractivity (Wildman–Crippen MR) is 78.3 cm³/mol. The van der Waals surface area contributed by atoms with Crippen molar-refractivity contribution in [1.82, 2.24) is 9.55 Å². The first-order chi connectivity index (χ1) is 9.58. The molecule has 0 saturated carbocycles. The third-order valence-corrected chi connectivity index (χ3v) is 3.10. The van der Waals surface area contributed by atoms with Crippen LogP contribution in [0.4, 0.5) is 5.82 Å². The molecule has 0 spiro atoms. The molecule has 0 unspecified atom stereocenters. The molecule has 2 N–H and O–H groups in total. The zero-order valence-electron chi connectivity index (χ0n) is 11.4. The summed E-state index contributed by atoms with van der Waals surface area (Å²) in [7, 11) is 0. The van der Waals surface area contributed by atoms with Crippen molar-refractivity contribution in [2.24, 2.45) is 0 Å². The number of nitrogens with two attached hydrogens (primary N) is 1. The average Bonchev–Trinajstić information content (AvgIpc) is 2.77. The average molecular weight is 294 g/mol. The Bertz CT molecular complexity index is 620. The second-order valence-electron chi connectivity index (χ2n) is 4.15. The largest absolute Gasteiger partial charge is 0.461 e. The monoisotopic (exact) mass is 293 g/mol. The summed E-state index contributed by atoms with van der Waals surface area (Å²) in [4.78, 5) is 16.1. The number of carbonyl (C=O) groups is 1. The highest BCUT2D eigenvalue weighted by atomic mass is 35.5. The van der Waals surface area contributed by atoms with Crippen LogP contribution in [0.3, 0.4) is 0 Å². The van der Waals surface area contributed by atoms with Crippen molar-refractivity contribution < 1.29 is 9.53 Å². The van der Waals surface area contributed by atoms with Crippen molar-refractivity contribution in [2.75, 3.05) is 12.3 Å². The SMILES string of the molecule is CCOC(=O)c1nc(CC)n(-c2ccc(Cl)cc2)c1N. The highest BCUT2D eigenvalue weighted by Gasteiger charge is 2.21. The lowest BCUT2D eigenvalue weighted by Crippen LogP contribution is -2.09. The van der Waals surface area contributed by atoms with Crippen LogP contribution in [0.5, 0.6) is 0 Å². The predicted octanol–water partition coefficient (Wildman–Crippen LogP) is 2.85. The molecular weight excluding hydrogens is 278 g/mol. The van der Waals surface area contributed by atoms with Crippen molar-refractivity contribution in [1.29, 1.82) is 0 Å². The first-order valence-corrected chi connectivity index (χ1v) is 6.76. The fraction of sp³-hybridized carbons (Fsp3) is 0.286. The van der Waals surface area contributed by atoms with E-state index in [1.165, 1.54) is 0 Å². The van der Waals surface area contributed by atoms with Crippen LogP contribution in [0.15, 0.2) is 24.3 Å². The van der Waals surface area contributed by atoms with Gasteiger partial charge in [-0.1, -0.05) is 18.5 Å². The molecule has 20 heavy (non-hydrogen) atoms. The van der Waals surface area contributed by atoms with Gasteiger partial charge in [0.15, 0.2) is 5.69 Å². The molecule has 0 amide bonds. The van der Waals surface area contributed by atoms with E-state index in [1.54, 1.807) is 23.6 Å². The lowest BCUT2D eigenvalue weighted by atomic mass is 10.3. The van der Waals surface area contributed by atoms with Crippen molar-refractivity contribution >= 4 is 23.4 Å². The van der Waals surface area contributed by atoms with Crippen LogP contribution >= 0.6 is 11.6 Å². The molecule has 1 aromatic heterocycles. The smallest absolute Gasteiger partial charge is 0.360 e. The Balaban J connectivity index is 2.52. The van der Waals surface area contributed by atoms with Crippen LogP contribution in [0.2, 0.25) is 5.02 Å². The fourth-order valence-electron chi connectivity index (χ4n) is 1.95. The minimum absolute atomic E-state index is 0.152. The first kappa shape index (κ1) is 14.4. The van der Waals surface area contributed by atoms with Crippen LogP contribution in [-0.4, -0.2) is 22.1 Å². The summed E-state index contributed by atoms with van der Waals surface area (Å²) in [6.45, 7) is 3.97. The minimum atomic E-state index is -0.507. The van der Waals surface area contributed by atoms with Gasteiger partial charge in [0.05, 0.1) is 6.61 Å². The zero-order valence-corrected chi connectivity index (χ0v) is 12.1. The summed E-state index contributed by atoms with van der Waals surface area (Å²) in [5.41, 5.74) is 7.01. The van der Waals surface area contributed by atoms with Crippen LogP contribution < -0.4 is 5.73 Å². The lowest BCUT2D eigenvalue weighted by molar-refractivity contribution is 0.0521. The van der Waals surface area contributed by atoms with E-state index in [9.17, 15) is 4.79 Å². The fourth-order valence-corrected chi connectivity index (χ4v) is 2.07. The molecule has 0 saturated heterocycles. The van der Waals surface area contributed by atoms with Gasteiger partial charge in [-0.3, -0.25) is 4.57 Å². The third-order valence-electron chi connectivity index (χ3n) is 2.85. The molecular formula is C14H16ClN3O2. The molecule has 2 aromatic rings. The van der Waals surface area contributed by atoms with Gasteiger partial charge in [-0.05, 0) is 31.2 Å². The van der Waals surface area contributed by atoms with Gasteiger partial charge in [-0.2, -0.15) is 0 Å². The van der Waals surface area contributed by atoms with Gasteiger partial charge < -0.3 is 10.5 Å². The first-order valence-electron chi connectivity index (χ1n) is 6.38. The van der Waals surface area contributed by atoms with Gasteiger partial charge in [0.25, 0.3) is 0 Å². The molecule has 0 aliphatic heterocycles. The number of rotatable bonds is 4. The number of nitrogens with zero attached hydrogens (tertiary/aromatic N) is 2. The summed E-state index contributed by atoms with van der Waals surface area (Å²) in [5, 5.41) is 0.635. The van der Waals surface area contributed by atoms with Gasteiger partial charge in [-0.15, -0.1) is 0 Å². The van der Waals surface area contributed by atoms with Crippen LogP contribution in [0.1, 0.15) is 30.2 Å². The molecule has 106 valence electrons. The normalized spacial score (nSPS) is 10.6. The van der Waals surface area contributed by atoms with Crippen LogP contribution in [-0.2, 0) is 11.2 Å². The molecule has 0 bridgehead atoms. The molecule has 0 atom stereocenters. The molecule has 0 aliphatic rings. The van der Waals surface area contributed by atoms with Gasteiger partial charge in [0.1, 0.15) is 11.6 Å². The molecule has 0 aliphatic carbocycles. The lowest BCUT2D eigenvalue weighted by Gasteiger charge is -2.08. The Morgan fingerprint density at radius 2 is 2.00 bits per heavy atom. The van der Waals surface area contributed by atoms with E-state index in [0.717, 1.165) is 5.69 Å². The number of nitrogen functional groups attached to an aromatic ring is 1. The number of aryl methyl sites for hydroxylation is 1. The summed E-state index contributed by atoms with van der Waals surface area (Å²) in [6, 6.07) is 7.18. The number of benzene rings is 1. The minimum Gasteiger partial charge on any atom is -0.461 e. The van der Waals surface area contributed by atoms with E-state index in [0.29, 0.717) is 17.3 Å². The van der Waals surface area contributed by atoms with Gasteiger partial charge >= 0.3 is 5.97 Å².